The number of fused-ring (bicyclic) bond motifs is 1. The second kappa shape index (κ2) is 3.41. The summed E-state index contributed by atoms with van der Waals surface area (Å²) in [4.78, 5) is 25.0. The maximum atomic E-state index is 11.9. The van der Waals surface area contributed by atoms with Gasteiger partial charge in [0.25, 0.3) is 0 Å². The molecule has 0 spiro atoms. The first-order chi connectivity index (χ1) is 8.13. The number of halogens is 1. The summed E-state index contributed by atoms with van der Waals surface area (Å²) in [5.41, 5.74) is 0.736. The van der Waals surface area contributed by atoms with Crippen molar-refractivity contribution >= 4 is 33.4 Å². The summed E-state index contributed by atoms with van der Waals surface area (Å²) in [6.45, 7) is 0. The summed E-state index contributed by atoms with van der Waals surface area (Å²) in [6, 6.07) is 6.96. The number of imide groups is 1. The molecule has 2 aliphatic rings. The molecule has 1 saturated carbocycles. The van der Waals surface area contributed by atoms with E-state index in [0.717, 1.165) is 9.37 Å². The van der Waals surface area contributed by atoms with Crippen LogP contribution in [0.2, 0.25) is 0 Å². The summed E-state index contributed by atoms with van der Waals surface area (Å²) in [6.07, 6.45) is 0.671. The number of amides is 2. The number of carbonyl (C=O) groups excluding carboxylic acids is 2. The quantitative estimate of drug-likeness (QED) is 0.742. The molecule has 84 valence electrons. The average Bonchev–Trinajstić information content (AvgIpc) is 3.05. The Balaban J connectivity index is 2.11. The molecule has 0 N–H and O–H groups in total. The number of benzene rings is 1. The van der Waals surface area contributed by atoms with Crippen molar-refractivity contribution in [2.75, 3.05) is 4.90 Å². The van der Waals surface area contributed by atoms with Crippen LogP contribution in [0, 0.1) is 23.2 Å². The molecule has 17 heavy (non-hydrogen) atoms. The van der Waals surface area contributed by atoms with Crippen LogP contribution in [0.1, 0.15) is 12.0 Å². The lowest BCUT2D eigenvalue weighted by Gasteiger charge is -2.17. The van der Waals surface area contributed by atoms with Crippen LogP contribution in [0.4, 0.5) is 5.69 Å². The average molecular weight is 291 g/mol. The minimum Gasteiger partial charge on any atom is -0.274 e. The molecule has 1 aliphatic heterocycles. The summed E-state index contributed by atoms with van der Waals surface area (Å²) in [5.74, 6) is -0.634. The van der Waals surface area contributed by atoms with E-state index >= 15 is 0 Å². The topological polar surface area (TPSA) is 61.2 Å². The monoisotopic (exact) mass is 290 g/mol. The summed E-state index contributed by atoms with van der Waals surface area (Å²) in [5, 5.41) is 9.00. The molecule has 1 heterocycles. The van der Waals surface area contributed by atoms with Crippen molar-refractivity contribution < 1.29 is 9.59 Å². The highest BCUT2D eigenvalue weighted by atomic mass is 79.9. The van der Waals surface area contributed by atoms with E-state index in [1.54, 1.807) is 18.2 Å². The SMILES string of the molecule is N#Cc1ccc(Br)cc1N1C(=O)C2CC2C1=O. The summed E-state index contributed by atoms with van der Waals surface area (Å²) >= 11 is 3.28. The van der Waals surface area contributed by atoms with E-state index in [9.17, 15) is 9.59 Å². The molecule has 4 nitrogen and oxygen atoms in total. The van der Waals surface area contributed by atoms with Crippen molar-refractivity contribution in [3.63, 3.8) is 0 Å². The third-order valence-electron chi connectivity index (χ3n) is 3.19. The summed E-state index contributed by atoms with van der Waals surface area (Å²) in [7, 11) is 0. The number of hydrogen-bond donors (Lipinski definition) is 0. The number of anilines is 1. The maximum absolute atomic E-state index is 11.9. The molecule has 1 aliphatic carbocycles. The normalized spacial score (nSPS) is 25.8. The zero-order chi connectivity index (χ0) is 12.2. The third-order valence-corrected chi connectivity index (χ3v) is 3.68. The van der Waals surface area contributed by atoms with Crippen LogP contribution >= 0.6 is 15.9 Å². The molecule has 2 unspecified atom stereocenters. The van der Waals surface area contributed by atoms with Crippen LogP contribution in [0.15, 0.2) is 22.7 Å². The Morgan fingerprint density at radius 1 is 1.29 bits per heavy atom. The predicted octanol–water partition coefficient (Wildman–Crippen LogP) is 1.83. The first-order valence-corrected chi connectivity index (χ1v) is 6.00. The van der Waals surface area contributed by atoms with Gasteiger partial charge in [-0.25, -0.2) is 4.90 Å². The van der Waals surface area contributed by atoms with E-state index in [1.165, 1.54) is 0 Å². The minimum atomic E-state index is -0.172. The smallest absolute Gasteiger partial charge is 0.237 e. The number of nitrogens with zero attached hydrogens (tertiary/aromatic N) is 2. The fraction of sp³-hybridized carbons (Fsp3) is 0.250. The van der Waals surface area contributed by atoms with Crippen molar-refractivity contribution in [2.24, 2.45) is 11.8 Å². The van der Waals surface area contributed by atoms with Crippen LogP contribution < -0.4 is 4.90 Å². The van der Waals surface area contributed by atoms with E-state index in [1.807, 2.05) is 6.07 Å². The molecule has 5 heteroatoms. The number of rotatable bonds is 1. The van der Waals surface area contributed by atoms with Crippen molar-refractivity contribution in [2.45, 2.75) is 6.42 Å². The molecule has 1 saturated heterocycles. The van der Waals surface area contributed by atoms with Crippen LogP contribution in [-0.2, 0) is 9.59 Å². The van der Waals surface area contributed by atoms with Gasteiger partial charge in [0, 0.05) is 4.47 Å². The van der Waals surface area contributed by atoms with E-state index in [2.05, 4.69) is 15.9 Å². The second-order valence-corrected chi connectivity index (χ2v) is 5.15. The highest BCUT2D eigenvalue weighted by Gasteiger charge is 2.59. The molecule has 2 atom stereocenters. The Labute approximate surface area is 106 Å². The minimum absolute atomic E-state index is 0.145. The van der Waals surface area contributed by atoms with Crippen molar-refractivity contribution in [3.8, 4) is 6.07 Å². The van der Waals surface area contributed by atoms with E-state index in [4.69, 9.17) is 5.26 Å². The fourth-order valence-electron chi connectivity index (χ4n) is 2.20. The van der Waals surface area contributed by atoms with Crippen LogP contribution in [0.25, 0.3) is 0 Å². The van der Waals surface area contributed by atoms with Gasteiger partial charge in [0.1, 0.15) is 6.07 Å². The van der Waals surface area contributed by atoms with Crippen LogP contribution in [0.5, 0.6) is 0 Å². The zero-order valence-electron chi connectivity index (χ0n) is 8.68. The number of hydrogen-bond acceptors (Lipinski definition) is 3. The van der Waals surface area contributed by atoms with Gasteiger partial charge in [-0.1, -0.05) is 15.9 Å². The van der Waals surface area contributed by atoms with Crippen LogP contribution in [0.3, 0.4) is 0 Å². The molecule has 0 radical (unpaired) electrons. The molecule has 1 aromatic rings. The molecule has 2 amide bonds. The van der Waals surface area contributed by atoms with Gasteiger partial charge in [-0.3, -0.25) is 9.59 Å². The van der Waals surface area contributed by atoms with Gasteiger partial charge in [-0.05, 0) is 24.6 Å². The van der Waals surface area contributed by atoms with Gasteiger partial charge < -0.3 is 0 Å². The van der Waals surface area contributed by atoms with E-state index in [-0.39, 0.29) is 23.7 Å². The fourth-order valence-corrected chi connectivity index (χ4v) is 2.55. The molecule has 3 rings (SSSR count). The Kier molecular flexibility index (Phi) is 2.10. The Morgan fingerprint density at radius 2 is 1.94 bits per heavy atom. The molecule has 1 aromatic carbocycles. The van der Waals surface area contributed by atoms with Gasteiger partial charge in [0.05, 0.1) is 23.1 Å². The third kappa shape index (κ3) is 1.41. The highest BCUT2D eigenvalue weighted by molar-refractivity contribution is 9.10. The first-order valence-electron chi connectivity index (χ1n) is 5.21. The molecular weight excluding hydrogens is 284 g/mol. The standard InChI is InChI=1S/C12H7BrN2O2/c13-7-2-1-6(5-14)10(3-7)15-11(16)8-4-9(8)12(15)17/h1-3,8-9H,4H2. The van der Waals surface area contributed by atoms with Crippen molar-refractivity contribution in [1.82, 2.24) is 0 Å². The Hall–Kier alpha value is -1.67. The van der Waals surface area contributed by atoms with Crippen molar-refractivity contribution in [1.29, 1.82) is 5.26 Å². The maximum Gasteiger partial charge on any atom is 0.237 e. The lowest BCUT2D eigenvalue weighted by Crippen LogP contribution is -2.33. The van der Waals surface area contributed by atoms with Gasteiger partial charge in [0.2, 0.25) is 11.8 Å². The van der Waals surface area contributed by atoms with Crippen molar-refractivity contribution in [3.05, 3.63) is 28.2 Å². The first kappa shape index (κ1) is 10.5. The largest absolute Gasteiger partial charge is 0.274 e. The molecule has 2 fully saturated rings. The molecule has 0 bridgehead atoms. The van der Waals surface area contributed by atoms with Gasteiger partial charge >= 0.3 is 0 Å². The lowest BCUT2D eigenvalue weighted by molar-refractivity contribution is -0.123. The Bertz CT molecular complexity index is 571. The van der Waals surface area contributed by atoms with Crippen LogP contribution in [-0.4, -0.2) is 11.8 Å². The highest BCUT2D eigenvalue weighted by Crippen LogP contribution is 2.49. The number of piperidine rings is 1. The van der Waals surface area contributed by atoms with Gasteiger partial charge in [-0.15, -0.1) is 0 Å². The predicted molar refractivity (Wildman–Crippen MR) is 62.9 cm³/mol. The number of carbonyl (C=O) groups is 2. The molecular formula is C12H7BrN2O2. The van der Waals surface area contributed by atoms with Gasteiger partial charge in [-0.2, -0.15) is 5.26 Å². The van der Waals surface area contributed by atoms with E-state index in [0.29, 0.717) is 17.7 Å². The zero-order valence-corrected chi connectivity index (χ0v) is 10.3. The second-order valence-electron chi connectivity index (χ2n) is 4.23. The lowest BCUT2D eigenvalue weighted by atomic mass is 10.1. The number of nitriles is 1. The van der Waals surface area contributed by atoms with Gasteiger partial charge in [0.15, 0.2) is 0 Å². The Morgan fingerprint density at radius 3 is 2.53 bits per heavy atom. The van der Waals surface area contributed by atoms with E-state index < -0.39 is 0 Å². The molecule has 0 aromatic heterocycles. The summed E-state index contributed by atoms with van der Waals surface area (Å²) < 4.78 is 0.743.